The molecule has 1 atom stereocenters. The van der Waals surface area contributed by atoms with E-state index >= 15 is 0 Å². The van der Waals surface area contributed by atoms with Gasteiger partial charge in [-0.05, 0) is 13.8 Å². The third-order valence-electron chi connectivity index (χ3n) is 3.34. The zero-order chi connectivity index (χ0) is 17.1. The van der Waals surface area contributed by atoms with Crippen LogP contribution in [0.15, 0.2) is 40.8 Å². The van der Waals surface area contributed by atoms with Crippen LogP contribution >= 0.6 is 11.8 Å². The fourth-order valence-corrected chi connectivity index (χ4v) is 3.06. The Morgan fingerprint density at radius 2 is 2.29 bits per heavy atom. The number of aryl methyl sites for hydroxylation is 1. The molecule has 9 heteroatoms. The Labute approximate surface area is 141 Å². The summed E-state index contributed by atoms with van der Waals surface area (Å²) in [7, 11) is 0. The molecule has 0 aliphatic carbocycles. The molecule has 1 amide bonds. The van der Waals surface area contributed by atoms with Gasteiger partial charge in [0.05, 0.1) is 29.9 Å². The minimum Gasteiger partial charge on any atom is -0.349 e. The van der Waals surface area contributed by atoms with E-state index in [-0.39, 0.29) is 11.5 Å². The molecule has 0 aliphatic rings. The number of hydrogen-bond acceptors (Lipinski definition) is 6. The van der Waals surface area contributed by atoms with E-state index in [1.807, 2.05) is 4.40 Å². The van der Waals surface area contributed by atoms with Crippen LogP contribution in [0.1, 0.15) is 18.3 Å². The highest BCUT2D eigenvalue weighted by atomic mass is 32.2. The molecule has 124 valence electrons. The summed E-state index contributed by atoms with van der Waals surface area (Å²) in [6, 6.07) is 1.41. The molecule has 24 heavy (non-hydrogen) atoms. The first-order valence-corrected chi connectivity index (χ1v) is 8.19. The Kier molecular flexibility index (Phi) is 4.61. The number of nitrogens with one attached hydrogen (secondary N) is 2. The lowest BCUT2D eigenvalue weighted by atomic mass is 10.4. The highest BCUT2D eigenvalue weighted by molar-refractivity contribution is 8.00. The number of carbonyl (C=O) groups excluding carboxylic acids is 1. The number of fused-ring (bicyclic) bond motifs is 1. The van der Waals surface area contributed by atoms with Gasteiger partial charge in [-0.25, -0.2) is 9.97 Å². The van der Waals surface area contributed by atoms with Gasteiger partial charge in [-0.2, -0.15) is 0 Å². The Morgan fingerprint density at radius 1 is 1.46 bits per heavy atom. The maximum absolute atomic E-state index is 12.3. The molecule has 0 fully saturated rings. The molecule has 0 radical (unpaired) electrons. The number of imidazole rings is 1. The van der Waals surface area contributed by atoms with E-state index in [1.165, 1.54) is 17.8 Å². The molecular weight excluding hydrogens is 328 g/mol. The molecule has 0 aromatic carbocycles. The molecule has 8 nitrogen and oxygen atoms in total. The molecule has 0 saturated heterocycles. The lowest BCUT2D eigenvalue weighted by molar-refractivity contribution is -0.120. The van der Waals surface area contributed by atoms with E-state index in [9.17, 15) is 9.59 Å². The highest BCUT2D eigenvalue weighted by Gasteiger charge is 2.16. The largest absolute Gasteiger partial charge is 0.349 e. The maximum Gasteiger partial charge on any atom is 0.251 e. The predicted molar refractivity (Wildman–Crippen MR) is 89.7 cm³/mol. The van der Waals surface area contributed by atoms with Crippen molar-refractivity contribution in [3.8, 4) is 0 Å². The SMILES string of the molecule is Cc1cc(=O)[nH]c(S[C@@H](C)C(=O)NCc2cnc3cnccn23)n1. The Balaban J connectivity index is 1.63. The van der Waals surface area contributed by atoms with Crippen LogP contribution in [0.3, 0.4) is 0 Å². The van der Waals surface area contributed by atoms with Gasteiger partial charge in [0.15, 0.2) is 10.8 Å². The smallest absolute Gasteiger partial charge is 0.251 e. The van der Waals surface area contributed by atoms with E-state index in [1.54, 1.807) is 38.6 Å². The van der Waals surface area contributed by atoms with Crippen molar-refractivity contribution < 1.29 is 4.79 Å². The van der Waals surface area contributed by atoms with Crippen LogP contribution in [0.4, 0.5) is 0 Å². The van der Waals surface area contributed by atoms with Crippen molar-refractivity contribution in [1.29, 1.82) is 0 Å². The zero-order valence-electron chi connectivity index (χ0n) is 13.2. The molecule has 0 bridgehead atoms. The van der Waals surface area contributed by atoms with Crippen LogP contribution in [0.2, 0.25) is 0 Å². The van der Waals surface area contributed by atoms with Crippen molar-refractivity contribution in [2.75, 3.05) is 0 Å². The van der Waals surface area contributed by atoms with E-state index in [4.69, 9.17) is 0 Å². The van der Waals surface area contributed by atoms with Gasteiger partial charge in [-0.15, -0.1) is 0 Å². The fourth-order valence-electron chi connectivity index (χ4n) is 2.18. The maximum atomic E-state index is 12.3. The van der Waals surface area contributed by atoms with Crippen molar-refractivity contribution >= 4 is 23.3 Å². The van der Waals surface area contributed by atoms with Crippen LogP contribution in [0.5, 0.6) is 0 Å². The van der Waals surface area contributed by atoms with E-state index in [0.29, 0.717) is 17.4 Å². The summed E-state index contributed by atoms with van der Waals surface area (Å²) in [5.41, 5.74) is 1.98. The summed E-state index contributed by atoms with van der Waals surface area (Å²) in [4.78, 5) is 38.8. The molecule has 0 aliphatic heterocycles. The number of thioether (sulfide) groups is 1. The lowest BCUT2D eigenvalue weighted by Crippen LogP contribution is -2.31. The summed E-state index contributed by atoms with van der Waals surface area (Å²) >= 11 is 1.21. The normalized spacial score (nSPS) is 12.2. The second-order valence-corrected chi connectivity index (χ2v) is 6.55. The van der Waals surface area contributed by atoms with Crippen molar-refractivity contribution in [2.24, 2.45) is 0 Å². The van der Waals surface area contributed by atoms with E-state index < -0.39 is 5.25 Å². The van der Waals surface area contributed by atoms with Crippen LogP contribution in [-0.2, 0) is 11.3 Å². The first-order valence-electron chi connectivity index (χ1n) is 7.31. The molecule has 3 aromatic rings. The molecule has 0 saturated carbocycles. The van der Waals surface area contributed by atoms with Crippen LogP contribution in [0.25, 0.3) is 5.65 Å². The number of H-pyrrole nitrogens is 1. The van der Waals surface area contributed by atoms with Gasteiger partial charge < -0.3 is 10.3 Å². The quantitative estimate of drug-likeness (QED) is 0.527. The van der Waals surface area contributed by atoms with Gasteiger partial charge in [0.2, 0.25) is 5.91 Å². The van der Waals surface area contributed by atoms with Gasteiger partial charge in [-0.3, -0.25) is 19.0 Å². The fraction of sp³-hybridized carbons (Fsp3) is 0.267. The lowest BCUT2D eigenvalue weighted by Gasteiger charge is -2.11. The van der Waals surface area contributed by atoms with Gasteiger partial charge in [0.1, 0.15) is 0 Å². The molecule has 0 unspecified atom stereocenters. The number of carbonyl (C=O) groups is 1. The van der Waals surface area contributed by atoms with Crippen molar-refractivity contribution in [2.45, 2.75) is 30.8 Å². The third kappa shape index (κ3) is 3.62. The number of aromatic nitrogens is 5. The van der Waals surface area contributed by atoms with Crippen molar-refractivity contribution in [3.05, 3.63) is 52.6 Å². The molecule has 2 N–H and O–H groups in total. The average molecular weight is 344 g/mol. The second-order valence-electron chi connectivity index (χ2n) is 5.22. The number of nitrogens with zero attached hydrogens (tertiary/aromatic N) is 4. The summed E-state index contributed by atoms with van der Waals surface area (Å²) in [5.74, 6) is -0.145. The second kappa shape index (κ2) is 6.83. The van der Waals surface area contributed by atoms with Gasteiger partial charge in [0.25, 0.3) is 5.56 Å². The minimum absolute atomic E-state index is 0.145. The molecule has 3 aromatic heterocycles. The van der Waals surface area contributed by atoms with Crippen molar-refractivity contribution in [3.63, 3.8) is 0 Å². The number of amides is 1. The first-order chi connectivity index (χ1) is 11.5. The number of aromatic amines is 1. The molecule has 3 heterocycles. The summed E-state index contributed by atoms with van der Waals surface area (Å²) in [6.07, 6.45) is 6.82. The highest BCUT2D eigenvalue weighted by Crippen LogP contribution is 2.18. The minimum atomic E-state index is -0.393. The Morgan fingerprint density at radius 3 is 3.08 bits per heavy atom. The summed E-state index contributed by atoms with van der Waals surface area (Å²) in [5, 5.41) is 2.91. The average Bonchev–Trinajstić information content (AvgIpc) is 2.94. The van der Waals surface area contributed by atoms with Gasteiger partial charge in [0, 0.05) is 24.2 Å². The monoisotopic (exact) mass is 344 g/mol. The van der Waals surface area contributed by atoms with Gasteiger partial charge >= 0.3 is 0 Å². The van der Waals surface area contributed by atoms with Crippen LogP contribution < -0.4 is 10.9 Å². The Hall–Kier alpha value is -2.68. The predicted octanol–water partition coefficient (Wildman–Crippen LogP) is 0.918. The third-order valence-corrected chi connectivity index (χ3v) is 4.33. The summed E-state index contributed by atoms with van der Waals surface area (Å²) in [6.45, 7) is 3.86. The molecular formula is C15H16N6O2S. The van der Waals surface area contributed by atoms with Crippen LogP contribution in [-0.4, -0.2) is 35.5 Å². The topological polar surface area (TPSA) is 105 Å². The Bertz CT molecular complexity index is 935. The van der Waals surface area contributed by atoms with E-state index in [2.05, 4.69) is 25.3 Å². The summed E-state index contributed by atoms with van der Waals surface area (Å²) < 4.78 is 1.87. The molecule has 3 rings (SSSR count). The van der Waals surface area contributed by atoms with Crippen molar-refractivity contribution in [1.82, 2.24) is 29.7 Å². The van der Waals surface area contributed by atoms with E-state index in [0.717, 1.165) is 11.3 Å². The van der Waals surface area contributed by atoms with Crippen LogP contribution in [0, 0.1) is 6.92 Å². The number of hydrogen-bond donors (Lipinski definition) is 2. The zero-order valence-corrected chi connectivity index (χ0v) is 14.0. The van der Waals surface area contributed by atoms with Gasteiger partial charge in [-0.1, -0.05) is 11.8 Å². The molecule has 0 spiro atoms. The standard InChI is InChI=1S/C15H16N6O2S/c1-9-5-13(22)20-15(19-9)24-10(2)14(23)18-7-11-6-17-12-8-16-3-4-21(11)12/h3-6,8,10H,7H2,1-2H3,(H,18,23)(H,19,20,22)/t10-/m0/s1. The number of rotatable bonds is 5. The first kappa shape index (κ1) is 16.2.